The number of rotatable bonds is 7. The van der Waals surface area contributed by atoms with E-state index in [9.17, 15) is 13.2 Å². The first-order valence-electron chi connectivity index (χ1n) is 6.02. The fourth-order valence-electron chi connectivity index (χ4n) is 1.65. The Balaban J connectivity index is 2.70. The summed E-state index contributed by atoms with van der Waals surface area (Å²) in [4.78, 5) is 0. The topological polar surface area (TPSA) is 32.3 Å². The Kier molecular flexibility index (Phi) is 6.68. The molecule has 0 bridgehead atoms. The molecule has 2 N–H and O–H groups in total. The highest BCUT2D eigenvalue weighted by molar-refractivity contribution is 7.99. The first kappa shape index (κ1) is 16.3. The van der Waals surface area contributed by atoms with Crippen molar-refractivity contribution in [2.45, 2.75) is 18.6 Å². The van der Waals surface area contributed by atoms with Gasteiger partial charge in [0.25, 0.3) is 0 Å². The number of thioether (sulfide) groups is 1. The molecule has 1 aromatic rings. The highest BCUT2D eigenvalue weighted by Crippen LogP contribution is 2.31. The second-order valence-corrected chi connectivity index (χ2v) is 5.27. The van der Waals surface area contributed by atoms with Crippen molar-refractivity contribution in [3.05, 3.63) is 35.4 Å². The molecule has 1 aromatic carbocycles. The summed E-state index contributed by atoms with van der Waals surface area (Å²) in [6.07, 6.45) is -3.61. The van der Waals surface area contributed by atoms with E-state index in [0.29, 0.717) is 17.7 Å². The van der Waals surface area contributed by atoms with Gasteiger partial charge in [0.05, 0.1) is 5.56 Å². The van der Waals surface area contributed by atoms with Crippen molar-refractivity contribution >= 4 is 11.8 Å². The summed E-state index contributed by atoms with van der Waals surface area (Å²) in [5.74, 6) is 1.48. The first-order chi connectivity index (χ1) is 8.99. The monoisotopic (exact) mass is 293 g/mol. The van der Waals surface area contributed by atoms with E-state index < -0.39 is 11.7 Å². The van der Waals surface area contributed by atoms with Crippen molar-refractivity contribution < 1.29 is 18.3 Å². The van der Waals surface area contributed by atoms with Gasteiger partial charge in [-0.2, -0.15) is 24.9 Å². The number of alkyl halides is 3. The quantitative estimate of drug-likeness (QED) is 0.758. The number of benzene rings is 1. The third-order valence-corrected chi connectivity index (χ3v) is 3.84. The SMILES string of the molecule is CNC(CSCCCO)c1cccc(C(F)(F)F)c1. The van der Waals surface area contributed by atoms with Crippen molar-refractivity contribution in [3.8, 4) is 0 Å². The van der Waals surface area contributed by atoms with E-state index in [1.165, 1.54) is 12.1 Å². The van der Waals surface area contributed by atoms with Crippen LogP contribution in [-0.4, -0.2) is 30.3 Å². The number of hydrogen-bond acceptors (Lipinski definition) is 3. The lowest BCUT2D eigenvalue weighted by Crippen LogP contribution is -2.19. The van der Waals surface area contributed by atoms with Crippen LogP contribution in [0.3, 0.4) is 0 Å². The minimum absolute atomic E-state index is 0.119. The second-order valence-electron chi connectivity index (χ2n) is 4.12. The summed E-state index contributed by atoms with van der Waals surface area (Å²) in [5.41, 5.74) is 0.0134. The molecule has 0 aliphatic carbocycles. The van der Waals surface area contributed by atoms with E-state index in [0.717, 1.165) is 11.8 Å². The molecule has 0 aliphatic rings. The van der Waals surface area contributed by atoms with E-state index >= 15 is 0 Å². The van der Waals surface area contributed by atoms with Gasteiger partial charge < -0.3 is 10.4 Å². The van der Waals surface area contributed by atoms with Crippen LogP contribution in [0.5, 0.6) is 0 Å². The highest BCUT2D eigenvalue weighted by Gasteiger charge is 2.30. The van der Waals surface area contributed by atoms with Gasteiger partial charge in [-0.15, -0.1) is 0 Å². The van der Waals surface area contributed by atoms with Crippen LogP contribution in [0.4, 0.5) is 13.2 Å². The summed E-state index contributed by atoms with van der Waals surface area (Å²) in [5, 5.41) is 11.7. The van der Waals surface area contributed by atoms with Gasteiger partial charge >= 0.3 is 6.18 Å². The van der Waals surface area contributed by atoms with Gasteiger partial charge in [0.15, 0.2) is 0 Å². The summed E-state index contributed by atoms with van der Waals surface area (Å²) in [6, 6.07) is 5.28. The molecule has 1 rings (SSSR count). The molecule has 0 fully saturated rings. The lowest BCUT2D eigenvalue weighted by Gasteiger charge is -2.18. The normalized spacial score (nSPS) is 13.5. The lowest BCUT2D eigenvalue weighted by atomic mass is 10.1. The molecule has 0 spiro atoms. The zero-order valence-corrected chi connectivity index (χ0v) is 11.5. The zero-order chi connectivity index (χ0) is 14.3. The molecule has 1 atom stereocenters. The molecule has 0 saturated heterocycles. The van der Waals surface area contributed by atoms with Crippen LogP contribution in [0, 0.1) is 0 Å². The molecule has 19 heavy (non-hydrogen) atoms. The predicted octanol–water partition coefficient (Wildman–Crippen LogP) is 3.08. The van der Waals surface area contributed by atoms with E-state index in [2.05, 4.69) is 5.32 Å². The average molecular weight is 293 g/mol. The molecule has 6 heteroatoms. The van der Waals surface area contributed by atoms with Crippen LogP contribution in [-0.2, 0) is 6.18 Å². The van der Waals surface area contributed by atoms with Crippen LogP contribution in [0.2, 0.25) is 0 Å². The third-order valence-electron chi connectivity index (χ3n) is 2.70. The van der Waals surface area contributed by atoms with Crippen molar-refractivity contribution in [2.24, 2.45) is 0 Å². The molecule has 0 saturated carbocycles. The molecular formula is C13H18F3NOS. The standard InChI is InChI=1S/C13H18F3NOS/c1-17-12(9-19-7-3-6-18)10-4-2-5-11(8-10)13(14,15)16/h2,4-5,8,12,17-18H,3,6-7,9H2,1H3. The van der Waals surface area contributed by atoms with Crippen molar-refractivity contribution in [2.75, 3.05) is 25.2 Å². The average Bonchev–Trinajstić information content (AvgIpc) is 2.38. The fourth-order valence-corrected chi connectivity index (χ4v) is 2.74. The second kappa shape index (κ2) is 7.77. The van der Waals surface area contributed by atoms with E-state index in [1.807, 2.05) is 0 Å². The molecular weight excluding hydrogens is 275 g/mol. The maximum atomic E-state index is 12.6. The van der Waals surface area contributed by atoms with Crippen LogP contribution in [0.1, 0.15) is 23.6 Å². The molecule has 0 radical (unpaired) electrons. The van der Waals surface area contributed by atoms with Gasteiger partial charge in [0.1, 0.15) is 0 Å². The molecule has 0 aliphatic heterocycles. The predicted molar refractivity (Wildman–Crippen MR) is 72.3 cm³/mol. The van der Waals surface area contributed by atoms with Crippen LogP contribution >= 0.6 is 11.8 Å². The minimum atomic E-state index is -4.31. The summed E-state index contributed by atoms with van der Waals surface area (Å²) in [6.45, 7) is 0.140. The highest BCUT2D eigenvalue weighted by atomic mass is 32.2. The largest absolute Gasteiger partial charge is 0.416 e. The molecule has 0 heterocycles. The smallest absolute Gasteiger partial charge is 0.396 e. The lowest BCUT2D eigenvalue weighted by molar-refractivity contribution is -0.137. The maximum Gasteiger partial charge on any atom is 0.416 e. The molecule has 1 unspecified atom stereocenters. The Hall–Kier alpha value is -0.720. The number of nitrogens with one attached hydrogen (secondary N) is 1. The third kappa shape index (κ3) is 5.42. The molecule has 108 valence electrons. The van der Waals surface area contributed by atoms with Gasteiger partial charge in [0.2, 0.25) is 0 Å². The number of aliphatic hydroxyl groups excluding tert-OH is 1. The number of aliphatic hydroxyl groups is 1. The summed E-state index contributed by atoms with van der Waals surface area (Å²) < 4.78 is 37.9. The van der Waals surface area contributed by atoms with E-state index in [-0.39, 0.29) is 12.6 Å². The minimum Gasteiger partial charge on any atom is -0.396 e. The van der Waals surface area contributed by atoms with Gasteiger partial charge in [-0.05, 0) is 36.9 Å². The van der Waals surface area contributed by atoms with Crippen LogP contribution in [0.25, 0.3) is 0 Å². The van der Waals surface area contributed by atoms with E-state index in [4.69, 9.17) is 5.11 Å². The summed E-state index contributed by atoms with van der Waals surface area (Å²) >= 11 is 1.61. The Morgan fingerprint density at radius 3 is 2.68 bits per heavy atom. The molecule has 0 aromatic heterocycles. The van der Waals surface area contributed by atoms with Crippen LogP contribution < -0.4 is 5.32 Å². The fraction of sp³-hybridized carbons (Fsp3) is 0.538. The maximum absolute atomic E-state index is 12.6. The van der Waals surface area contributed by atoms with E-state index in [1.54, 1.807) is 24.9 Å². The Bertz CT molecular complexity index is 384. The molecule has 2 nitrogen and oxygen atoms in total. The zero-order valence-electron chi connectivity index (χ0n) is 10.7. The van der Waals surface area contributed by atoms with Gasteiger partial charge in [-0.1, -0.05) is 12.1 Å². The molecule has 0 amide bonds. The van der Waals surface area contributed by atoms with Crippen molar-refractivity contribution in [1.29, 1.82) is 0 Å². The Morgan fingerprint density at radius 2 is 2.11 bits per heavy atom. The first-order valence-corrected chi connectivity index (χ1v) is 7.17. The summed E-state index contributed by atoms with van der Waals surface area (Å²) in [7, 11) is 1.73. The van der Waals surface area contributed by atoms with Gasteiger partial charge in [-0.3, -0.25) is 0 Å². The number of hydrogen-bond donors (Lipinski definition) is 2. The van der Waals surface area contributed by atoms with Crippen molar-refractivity contribution in [3.63, 3.8) is 0 Å². The number of halogens is 3. The Morgan fingerprint density at radius 1 is 1.37 bits per heavy atom. The van der Waals surface area contributed by atoms with Crippen molar-refractivity contribution in [1.82, 2.24) is 5.32 Å². The Labute approximate surface area is 115 Å². The van der Waals surface area contributed by atoms with Gasteiger partial charge in [0, 0.05) is 18.4 Å². The van der Waals surface area contributed by atoms with Gasteiger partial charge in [-0.25, -0.2) is 0 Å². The van der Waals surface area contributed by atoms with Crippen LogP contribution in [0.15, 0.2) is 24.3 Å².